The molecule has 0 radical (unpaired) electrons. The van der Waals surface area contributed by atoms with Crippen molar-refractivity contribution in [3.05, 3.63) is 35.3 Å². The maximum Gasteiger partial charge on any atom is 0.274 e. The second-order valence-corrected chi connectivity index (χ2v) is 7.13. The molecule has 2 aromatic heterocycles. The zero-order chi connectivity index (χ0) is 15.9. The largest absolute Gasteiger partial charge is 0.449 e. The predicted molar refractivity (Wildman–Crippen MR) is 78.8 cm³/mol. The first-order chi connectivity index (χ1) is 10.4. The van der Waals surface area contributed by atoms with E-state index in [1.165, 1.54) is 6.07 Å². The number of hydrogen-bond acceptors (Lipinski definition) is 5. The van der Waals surface area contributed by atoms with Gasteiger partial charge in [0.15, 0.2) is 0 Å². The van der Waals surface area contributed by atoms with Gasteiger partial charge in [-0.2, -0.15) is 5.10 Å². The Balaban J connectivity index is 1.84. The molecule has 1 fully saturated rings. The van der Waals surface area contributed by atoms with Crippen LogP contribution in [0, 0.1) is 13.8 Å². The molecule has 0 aromatic carbocycles. The van der Waals surface area contributed by atoms with Gasteiger partial charge in [0.1, 0.15) is 11.9 Å². The average Bonchev–Trinajstić information content (AvgIpc) is 3.14. The van der Waals surface area contributed by atoms with Crippen LogP contribution in [0.2, 0.25) is 0 Å². The SMILES string of the molecule is Cc1ccc(S(=O)(=O)N[C@H]2CCO[C@@H]2c2cnn(C)c2C)o1. The Morgan fingerprint density at radius 3 is 2.73 bits per heavy atom. The van der Waals surface area contributed by atoms with E-state index in [4.69, 9.17) is 9.15 Å². The van der Waals surface area contributed by atoms with E-state index in [1.807, 2.05) is 14.0 Å². The maximum absolute atomic E-state index is 12.4. The molecule has 0 spiro atoms. The zero-order valence-corrected chi connectivity index (χ0v) is 13.6. The summed E-state index contributed by atoms with van der Waals surface area (Å²) in [6.45, 7) is 4.15. The summed E-state index contributed by atoms with van der Waals surface area (Å²) in [5.74, 6) is 0.558. The van der Waals surface area contributed by atoms with Gasteiger partial charge in [-0.3, -0.25) is 4.68 Å². The number of nitrogens with zero attached hydrogens (tertiary/aromatic N) is 2. The number of furan rings is 1. The van der Waals surface area contributed by atoms with E-state index >= 15 is 0 Å². The quantitative estimate of drug-likeness (QED) is 0.919. The zero-order valence-electron chi connectivity index (χ0n) is 12.7. The highest BCUT2D eigenvalue weighted by Crippen LogP contribution is 2.32. The normalized spacial score (nSPS) is 22.3. The number of nitrogens with one attached hydrogen (secondary N) is 1. The van der Waals surface area contributed by atoms with Crippen molar-refractivity contribution in [2.24, 2.45) is 7.05 Å². The van der Waals surface area contributed by atoms with Crippen LogP contribution in [-0.4, -0.2) is 30.8 Å². The average molecular weight is 325 g/mol. The van der Waals surface area contributed by atoms with Gasteiger partial charge in [0.25, 0.3) is 10.0 Å². The molecule has 0 bridgehead atoms. The van der Waals surface area contributed by atoms with E-state index in [-0.39, 0.29) is 17.2 Å². The number of rotatable bonds is 4. The third kappa shape index (κ3) is 2.69. The minimum atomic E-state index is -3.69. The van der Waals surface area contributed by atoms with Crippen LogP contribution in [0.1, 0.15) is 29.5 Å². The van der Waals surface area contributed by atoms with Crippen LogP contribution in [0.25, 0.3) is 0 Å². The summed E-state index contributed by atoms with van der Waals surface area (Å²) in [5.41, 5.74) is 1.87. The Labute approximate surface area is 129 Å². The lowest BCUT2D eigenvalue weighted by Crippen LogP contribution is -2.36. The molecule has 2 atom stereocenters. The van der Waals surface area contributed by atoms with Crippen molar-refractivity contribution in [3.63, 3.8) is 0 Å². The summed E-state index contributed by atoms with van der Waals surface area (Å²) >= 11 is 0. The van der Waals surface area contributed by atoms with Gasteiger partial charge >= 0.3 is 0 Å². The Morgan fingerprint density at radius 2 is 2.14 bits per heavy atom. The fraction of sp³-hybridized carbons (Fsp3) is 0.500. The van der Waals surface area contributed by atoms with Gasteiger partial charge in [-0.25, -0.2) is 13.1 Å². The lowest BCUT2D eigenvalue weighted by Gasteiger charge is -2.19. The minimum Gasteiger partial charge on any atom is -0.449 e. The molecule has 1 aliphatic heterocycles. The molecular formula is C14H19N3O4S. The summed E-state index contributed by atoms with van der Waals surface area (Å²) < 4.78 is 40.2. The lowest BCUT2D eigenvalue weighted by molar-refractivity contribution is 0.102. The monoisotopic (exact) mass is 325 g/mol. The Hall–Kier alpha value is -1.64. The highest BCUT2D eigenvalue weighted by atomic mass is 32.2. The van der Waals surface area contributed by atoms with Gasteiger partial charge < -0.3 is 9.15 Å². The van der Waals surface area contributed by atoms with E-state index in [9.17, 15) is 8.42 Å². The molecule has 1 saturated heterocycles. The first-order valence-electron chi connectivity index (χ1n) is 7.07. The van der Waals surface area contributed by atoms with Gasteiger partial charge in [-0.15, -0.1) is 0 Å². The number of ether oxygens (including phenoxy) is 1. The van der Waals surface area contributed by atoms with Crippen molar-refractivity contribution in [3.8, 4) is 0 Å². The maximum atomic E-state index is 12.4. The second kappa shape index (κ2) is 5.53. The van der Waals surface area contributed by atoms with Crippen molar-refractivity contribution in [1.29, 1.82) is 0 Å². The van der Waals surface area contributed by atoms with Gasteiger partial charge in [0, 0.05) is 24.9 Å². The molecule has 1 aliphatic rings. The van der Waals surface area contributed by atoms with Crippen molar-refractivity contribution in [1.82, 2.24) is 14.5 Å². The molecule has 0 saturated carbocycles. The van der Waals surface area contributed by atoms with Gasteiger partial charge in [-0.1, -0.05) is 0 Å². The van der Waals surface area contributed by atoms with E-state index in [0.717, 1.165) is 11.3 Å². The first-order valence-corrected chi connectivity index (χ1v) is 8.55. The van der Waals surface area contributed by atoms with Crippen molar-refractivity contribution < 1.29 is 17.6 Å². The van der Waals surface area contributed by atoms with Gasteiger partial charge in [-0.05, 0) is 32.4 Å². The smallest absolute Gasteiger partial charge is 0.274 e. The van der Waals surface area contributed by atoms with Crippen molar-refractivity contribution >= 4 is 10.0 Å². The molecule has 3 heterocycles. The van der Waals surface area contributed by atoms with Crippen LogP contribution in [0.5, 0.6) is 0 Å². The number of aryl methyl sites for hydroxylation is 2. The molecule has 3 rings (SSSR count). The first kappa shape index (κ1) is 15.3. The van der Waals surface area contributed by atoms with E-state index < -0.39 is 10.0 Å². The van der Waals surface area contributed by atoms with E-state index in [2.05, 4.69) is 9.82 Å². The third-order valence-corrected chi connectivity index (χ3v) is 5.32. The summed E-state index contributed by atoms with van der Waals surface area (Å²) in [7, 11) is -1.85. The molecule has 1 N–H and O–H groups in total. The molecule has 7 nitrogen and oxygen atoms in total. The minimum absolute atomic E-state index is 0.0708. The van der Waals surface area contributed by atoms with Crippen molar-refractivity contribution in [2.75, 3.05) is 6.61 Å². The highest BCUT2D eigenvalue weighted by molar-refractivity contribution is 7.89. The molecule has 0 aliphatic carbocycles. The second-order valence-electron chi connectivity index (χ2n) is 5.48. The standard InChI is InChI=1S/C14H19N3O4S/c1-9-4-5-13(21-9)22(18,19)16-12-6-7-20-14(12)11-8-15-17(3)10(11)2/h4-5,8,12,14,16H,6-7H2,1-3H3/t12-,14+/m0/s1. The van der Waals surface area contributed by atoms with Gasteiger partial charge in [0.2, 0.25) is 5.09 Å². The molecule has 120 valence electrons. The Bertz CT molecular complexity index is 778. The predicted octanol–water partition coefficient (Wildman–Crippen LogP) is 1.44. The summed E-state index contributed by atoms with van der Waals surface area (Å²) in [4.78, 5) is 0. The third-order valence-electron chi connectivity index (χ3n) is 3.96. The fourth-order valence-electron chi connectivity index (χ4n) is 2.63. The molecule has 0 unspecified atom stereocenters. The van der Waals surface area contributed by atoms with Crippen LogP contribution >= 0.6 is 0 Å². The highest BCUT2D eigenvalue weighted by Gasteiger charge is 2.36. The number of hydrogen-bond donors (Lipinski definition) is 1. The summed E-state index contributed by atoms with van der Waals surface area (Å²) in [5, 5.41) is 4.12. The van der Waals surface area contributed by atoms with E-state index in [1.54, 1.807) is 23.9 Å². The van der Waals surface area contributed by atoms with Crippen LogP contribution in [0.15, 0.2) is 27.8 Å². The summed E-state index contributed by atoms with van der Waals surface area (Å²) in [6.07, 6.45) is 2.00. The van der Waals surface area contributed by atoms with Crippen LogP contribution in [-0.2, 0) is 21.8 Å². The molecule has 22 heavy (non-hydrogen) atoms. The van der Waals surface area contributed by atoms with Gasteiger partial charge in [0.05, 0.1) is 12.2 Å². The van der Waals surface area contributed by atoms with E-state index in [0.29, 0.717) is 18.8 Å². The Kier molecular flexibility index (Phi) is 3.84. The van der Waals surface area contributed by atoms with Crippen molar-refractivity contribution in [2.45, 2.75) is 37.5 Å². The molecule has 0 amide bonds. The topological polar surface area (TPSA) is 86.4 Å². The number of sulfonamides is 1. The molecule has 8 heteroatoms. The lowest BCUT2D eigenvalue weighted by atomic mass is 10.0. The molecular weight excluding hydrogens is 306 g/mol. The summed E-state index contributed by atoms with van der Waals surface area (Å²) in [6, 6.07) is 2.75. The molecule has 2 aromatic rings. The van der Waals surface area contributed by atoms with Crippen LogP contribution in [0.3, 0.4) is 0 Å². The number of aromatic nitrogens is 2. The Morgan fingerprint density at radius 1 is 1.36 bits per heavy atom. The fourth-order valence-corrected chi connectivity index (χ4v) is 3.87. The van der Waals surface area contributed by atoms with Crippen LogP contribution in [0.4, 0.5) is 0 Å². The van der Waals surface area contributed by atoms with Crippen LogP contribution < -0.4 is 4.72 Å².